The lowest BCUT2D eigenvalue weighted by atomic mass is 10.2. The smallest absolute Gasteiger partial charge is 0.126 e. The second-order valence-corrected chi connectivity index (χ2v) is 4.96. The fourth-order valence-electron chi connectivity index (χ4n) is 1.41. The Morgan fingerprint density at radius 1 is 1.29 bits per heavy atom. The van der Waals surface area contributed by atoms with Crippen molar-refractivity contribution in [1.82, 2.24) is 4.98 Å². The molecular weight excluding hydrogens is 252 g/mol. The zero-order chi connectivity index (χ0) is 12.1. The summed E-state index contributed by atoms with van der Waals surface area (Å²) in [4.78, 5) is 5.36. The molecule has 0 spiro atoms. The first-order chi connectivity index (χ1) is 8.29. The molecule has 0 radical (unpaired) electrons. The molecule has 1 aromatic carbocycles. The monoisotopic (exact) mass is 264 g/mol. The maximum absolute atomic E-state index is 6.11. The molecule has 2 aromatic rings. The van der Waals surface area contributed by atoms with E-state index in [0.717, 1.165) is 22.2 Å². The van der Waals surface area contributed by atoms with Crippen molar-refractivity contribution in [2.75, 3.05) is 12.4 Å². The average Bonchev–Trinajstić information content (AvgIpc) is 2.38. The molecule has 0 saturated heterocycles. The molecule has 0 saturated carbocycles. The zero-order valence-corrected chi connectivity index (χ0v) is 11.1. The van der Waals surface area contributed by atoms with Crippen molar-refractivity contribution < 1.29 is 0 Å². The minimum atomic E-state index is 0.822. The van der Waals surface area contributed by atoms with E-state index in [1.54, 1.807) is 18.0 Å². The number of pyridine rings is 1. The van der Waals surface area contributed by atoms with Crippen LogP contribution in [0.25, 0.3) is 0 Å². The predicted molar refractivity (Wildman–Crippen MR) is 74.8 cm³/mol. The molecule has 0 unspecified atom stereocenters. The minimum Gasteiger partial charge on any atom is -0.373 e. The summed E-state index contributed by atoms with van der Waals surface area (Å²) in [6.45, 7) is 0. The Hall–Kier alpha value is -1.19. The lowest BCUT2D eigenvalue weighted by molar-refractivity contribution is 1.23. The maximum Gasteiger partial charge on any atom is 0.126 e. The summed E-state index contributed by atoms with van der Waals surface area (Å²) in [5.74, 6) is 1.75. The molecule has 2 rings (SSSR count). The van der Waals surface area contributed by atoms with Crippen LogP contribution in [0.3, 0.4) is 0 Å². The fourth-order valence-corrected chi connectivity index (χ4v) is 2.62. The summed E-state index contributed by atoms with van der Waals surface area (Å²) in [6, 6.07) is 12.0. The quantitative estimate of drug-likeness (QED) is 0.843. The van der Waals surface area contributed by atoms with Crippen LogP contribution in [-0.4, -0.2) is 12.0 Å². The molecule has 1 heterocycles. The molecule has 0 aliphatic carbocycles. The van der Waals surface area contributed by atoms with Crippen molar-refractivity contribution in [2.45, 2.75) is 10.6 Å². The van der Waals surface area contributed by atoms with Crippen molar-refractivity contribution >= 4 is 29.2 Å². The van der Waals surface area contributed by atoms with Gasteiger partial charge < -0.3 is 5.32 Å². The number of rotatable bonds is 4. The molecule has 0 bridgehead atoms. The summed E-state index contributed by atoms with van der Waals surface area (Å²) in [6.07, 6.45) is 1.81. The topological polar surface area (TPSA) is 24.9 Å². The van der Waals surface area contributed by atoms with Gasteiger partial charge in [-0.1, -0.05) is 29.8 Å². The van der Waals surface area contributed by atoms with E-state index in [9.17, 15) is 0 Å². The number of hydrogen-bond acceptors (Lipinski definition) is 3. The van der Waals surface area contributed by atoms with Gasteiger partial charge >= 0.3 is 0 Å². The van der Waals surface area contributed by atoms with Crippen LogP contribution in [0.1, 0.15) is 5.56 Å². The van der Waals surface area contributed by atoms with Crippen LogP contribution in [0.5, 0.6) is 0 Å². The third-order valence-corrected chi connectivity index (χ3v) is 3.75. The van der Waals surface area contributed by atoms with Crippen LogP contribution in [0, 0.1) is 0 Å². The van der Waals surface area contributed by atoms with Gasteiger partial charge in [-0.05, 0) is 23.8 Å². The van der Waals surface area contributed by atoms with Crippen molar-refractivity contribution in [1.29, 1.82) is 0 Å². The first kappa shape index (κ1) is 12.3. The van der Waals surface area contributed by atoms with Crippen molar-refractivity contribution in [3.05, 3.63) is 53.2 Å². The van der Waals surface area contributed by atoms with Crippen LogP contribution in [0.4, 0.5) is 5.82 Å². The second kappa shape index (κ2) is 5.94. The molecule has 1 aromatic heterocycles. The Morgan fingerprint density at radius 3 is 2.88 bits per heavy atom. The molecule has 17 heavy (non-hydrogen) atoms. The molecule has 0 amide bonds. The van der Waals surface area contributed by atoms with Crippen LogP contribution in [0.2, 0.25) is 5.02 Å². The van der Waals surface area contributed by atoms with E-state index < -0.39 is 0 Å². The molecule has 4 heteroatoms. The van der Waals surface area contributed by atoms with Gasteiger partial charge in [0.05, 0.1) is 0 Å². The van der Waals surface area contributed by atoms with Gasteiger partial charge in [0.15, 0.2) is 0 Å². The highest BCUT2D eigenvalue weighted by Crippen LogP contribution is 2.27. The van der Waals surface area contributed by atoms with Crippen LogP contribution in [-0.2, 0) is 5.75 Å². The van der Waals surface area contributed by atoms with Crippen LogP contribution < -0.4 is 5.32 Å². The van der Waals surface area contributed by atoms with E-state index in [1.165, 1.54) is 4.90 Å². The highest BCUT2D eigenvalue weighted by Gasteiger charge is 2.01. The first-order valence-electron chi connectivity index (χ1n) is 5.29. The van der Waals surface area contributed by atoms with Gasteiger partial charge in [-0.15, -0.1) is 11.8 Å². The summed E-state index contributed by atoms with van der Waals surface area (Å²) in [5, 5.41) is 3.85. The summed E-state index contributed by atoms with van der Waals surface area (Å²) in [5.41, 5.74) is 1.15. The van der Waals surface area contributed by atoms with Crippen molar-refractivity contribution in [3.8, 4) is 0 Å². The highest BCUT2D eigenvalue weighted by molar-refractivity contribution is 7.98. The number of hydrogen-bond donors (Lipinski definition) is 1. The predicted octanol–water partition coefficient (Wildman–Crippen LogP) is 4.07. The Balaban J connectivity index is 2.05. The van der Waals surface area contributed by atoms with E-state index in [4.69, 9.17) is 11.6 Å². The van der Waals surface area contributed by atoms with Gasteiger partial charge in [0.1, 0.15) is 5.82 Å². The van der Waals surface area contributed by atoms with Gasteiger partial charge in [-0.2, -0.15) is 0 Å². The molecular formula is C13H13ClN2S. The van der Waals surface area contributed by atoms with Gasteiger partial charge in [0.2, 0.25) is 0 Å². The lowest BCUT2D eigenvalue weighted by Crippen LogP contribution is -1.91. The van der Waals surface area contributed by atoms with Crippen LogP contribution in [0.15, 0.2) is 47.5 Å². The maximum atomic E-state index is 6.11. The highest BCUT2D eigenvalue weighted by atomic mass is 35.5. The average molecular weight is 265 g/mol. The Labute approximate surface area is 110 Å². The van der Waals surface area contributed by atoms with E-state index in [2.05, 4.69) is 16.4 Å². The Bertz CT molecular complexity index is 502. The third-order valence-electron chi connectivity index (χ3n) is 2.34. The third kappa shape index (κ3) is 3.38. The number of aromatic nitrogens is 1. The Morgan fingerprint density at radius 2 is 2.12 bits per heavy atom. The largest absolute Gasteiger partial charge is 0.373 e. The standard InChI is InChI=1S/C13H13ClN2S/c1-15-13-8-11(6-7-16-13)17-9-10-4-2-3-5-12(10)14/h2-8H,9H2,1H3,(H,15,16). The molecule has 88 valence electrons. The summed E-state index contributed by atoms with van der Waals surface area (Å²) >= 11 is 7.86. The molecule has 0 aliphatic heterocycles. The fraction of sp³-hybridized carbons (Fsp3) is 0.154. The van der Waals surface area contributed by atoms with Gasteiger partial charge in [0, 0.05) is 28.9 Å². The number of nitrogens with zero attached hydrogens (tertiary/aromatic N) is 1. The molecule has 0 fully saturated rings. The van der Waals surface area contributed by atoms with E-state index in [-0.39, 0.29) is 0 Å². The minimum absolute atomic E-state index is 0.822. The van der Waals surface area contributed by atoms with Crippen LogP contribution >= 0.6 is 23.4 Å². The number of nitrogens with one attached hydrogen (secondary N) is 1. The SMILES string of the molecule is CNc1cc(SCc2ccccc2Cl)ccn1. The van der Waals surface area contributed by atoms with Crippen molar-refractivity contribution in [3.63, 3.8) is 0 Å². The van der Waals surface area contributed by atoms with E-state index in [0.29, 0.717) is 0 Å². The number of benzene rings is 1. The second-order valence-electron chi connectivity index (χ2n) is 3.51. The van der Waals surface area contributed by atoms with E-state index in [1.807, 2.05) is 37.4 Å². The van der Waals surface area contributed by atoms with Crippen molar-refractivity contribution in [2.24, 2.45) is 0 Å². The van der Waals surface area contributed by atoms with E-state index >= 15 is 0 Å². The van der Waals surface area contributed by atoms with Gasteiger partial charge in [0.25, 0.3) is 0 Å². The molecule has 0 aliphatic rings. The number of anilines is 1. The lowest BCUT2D eigenvalue weighted by Gasteiger charge is -2.05. The summed E-state index contributed by atoms with van der Waals surface area (Å²) < 4.78 is 0. The Kier molecular flexibility index (Phi) is 4.29. The molecule has 2 nitrogen and oxygen atoms in total. The first-order valence-corrected chi connectivity index (χ1v) is 6.66. The normalized spacial score (nSPS) is 10.2. The summed E-state index contributed by atoms with van der Waals surface area (Å²) in [7, 11) is 1.87. The molecule has 0 atom stereocenters. The zero-order valence-electron chi connectivity index (χ0n) is 9.48. The van der Waals surface area contributed by atoms with Gasteiger partial charge in [-0.25, -0.2) is 4.98 Å². The number of thioether (sulfide) groups is 1. The van der Waals surface area contributed by atoms with Gasteiger partial charge in [-0.3, -0.25) is 0 Å². The number of halogens is 1. The molecule has 1 N–H and O–H groups in total.